The Kier molecular flexibility index (Phi) is 4.91. The summed E-state index contributed by atoms with van der Waals surface area (Å²) in [6, 6.07) is 4.03. The molecule has 6 heteroatoms. The van der Waals surface area contributed by atoms with Crippen LogP contribution in [0.4, 0.5) is 5.95 Å². The van der Waals surface area contributed by atoms with E-state index in [4.69, 9.17) is 4.74 Å². The predicted molar refractivity (Wildman–Crippen MR) is 89.5 cm³/mol. The number of ether oxygens (including phenoxy) is 1. The molecular formula is C17H25N5O. The Labute approximate surface area is 137 Å². The van der Waals surface area contributed by atoms with Gasteiger partial charge in [-0.05, 0) is 24.5 Å². The molecule has 0 spiro atoms. The summed E-state index contributed by atoms with van der Waals surface area (Å²) in [5.74, 6) is 2.45. The van der Waals surface area contributed by atoms with Crippen LogP contribution in [0.1, 0.15) is 32.2 Å². The summed E-state index contributed by atoms with van der Waals surface area (Å²) in [7, 11) is 0. The van der Waals surface area contributed by atoms with E-state index in [2.05, 4.69) is 51.5 Å². The minimum absolute atomic E-state index is 0.257. The van der Waals surface area contributed by atoms with Gasteiger partial charge in [-0.15, -0.1) is 10.2 Å². The summed E-state index contributed by atoms with van der Waals surface area (Å²) in [5, 5.41) is 8.89. The first-order chi connectivity index (χ1) is 11.2. The first-order valence-electron chi connectivity index (χ1n) is 8.36. The maximum atomic E-state index is 5.86. The van der Waals surface area contributed by atoms with E-state index in [0.717, 1.165) is 50.0 Å². The van der Waals surface area contributed by atoms with E-state index in [1.54, 1.807) is 6.20 Å². The molecule has 0 saturated carbocycles. The molecule has 6 nitrogen and oxygen atoms in total. The van der Waals surface area contributed by atoms with Crippen LogP contribution in [0.5, 0.6) is 0 Å². The minimum atomic E-state index is 0.257. The van der Waals surface area contributed by atoms with Crippen molar-refractivity contribution < 1.29 is 4.74 Å². The van der Waals surface area contributed by atoms with Crippen LogP contribution in [-0.4, -0.2) is 45.5 Å². The number of rotatable bonds is 5. The number of hydrogen-bond acceptors (Lipinski definition) is 5. The number of hydrogen-bond donors (Lipinski definition) is 0. The van der Waals surface area contributed by atoms with Crippen LogP contribution in [0.3, 0.4) is 0 Å². The van der Waals surface area contributed by atoms with E-state index in [-0.39, 0.29) is 6.10 Å². The number of aromatic nitrogens is 4. The Morgan fingerprint density at radius 3 is 2.91 bits per heavy atom. The number of nitrogens with zero attached hydrogens (tertiary/aromatic N) is 5. The average molecular weight is 315 g/mol. The second-order valence-corrected chi connectivity index (χ2v) is 6.30. The Balaban J connectivity index is 1.80. The predicted octanol–water partition coefficient (Wildman–Crippen LogP) is 2.14. The van der Waals surface area contributed by atoms with Gasteiger partial charge >= 0.3 is 0 Å². The van der Waals surface area contributed by atoms with Crippen LogP contribution in [-0.2, 0) is 17.7 Å². The molecule has 124 valence electrons. The van der Waals surface area contributed by atoms with Gasteiger partial charge in [-0.25, -0.2) is 0 Å². The van der Waals surface area contributed by atoms with Crippen LogP contribution in [0.2, 0.25) is 0 Å². The van der Waals surface area contributed by atoms with Gasteiger partial charge in [0.1, 0.15) is 5.82 Å². The molecule has 1 aliphatic rings. The molecule has 1 saturated heterocycles. The molecule has 0 aliphatic carbocycles. The van der Waals surface area contributed by atoms with Gasteiger partial charge in [0.05, 0.1) is 12.7 Å². The summed E-state index contributed by atoms with van der Waals surface area (Å²) in [5.41, 5.74) is 1.16. The zero-order chi connectivity index (χ0) is 16.2. The fourth-order valence-electron chi connectivity index (χ4n) is 2.96. The molecule has 2 aromatic rings. The van der Waals surface area contributed by atoms with Gasteiger partial charge in [0, 0.05) is 38.4 Å². The van der Waals surface area contributed by atoms with Gasteiger partial charge in [-0.3, -0.25) is 9.55 Å². The zero-order valence-electron chi connectivity index (χ0n) is 14.1. The second kappa shape index (κ2) is 7.08. The summed E-state index contributed by atoms with van der Waals surface area (Å²) in [6.07, 6.45) is 4.69. The molecule has 3 rings (SSSR count). The summed E-state index contributed by atoms with van der Waals surface area (Å²) in [4.78, 5) is 6.48. The van der Waals surface area contributed by atoms with Crippen molar-refractivity contribution in [2.24, 2.45) is 5.92 Å². The van der Waals surface area contributed by atoms with Gasteiger partial charge in [0.25, 0.3) is 0 Å². The lowest BCUT2D eigenvalue weighted by Crippen LogP contribution is -2.45. The highest BCUT2D eigenvalue weighted by molar-refractivity contribution is 5.33. The minimum Gasteiger partial charge on any atom is -0.374 e. The Hall–Kier alpha value is -1.95. The van der Waals surface area contributed by atoms with Gasteiger partial charge in [-0.1, -0.05) is 19.9 Å². The lowest BCUT2D eigenvalue weighted by Gasteiger charge is -2.35. The Morgan fingerprint density at radius 2 is 2.22 bits per heavy atom. The van der Waals surface area contributed by atoms with Crippen molar-refractivity contribution in [3.05, 3.63) is 35.9 Å². The highest BCUT2D eigenvalue weighted by atomic mass is 16.5. The molecule has 0 amide bonds. The van der Waals surface area contributed by atoms with E-state index >= 15 is 0 Å². The molecule has 0 N–H and O–H groups in total. The smallest absolute Gasteiger partial charge is 0.227 e. The summed E-state index contributed by atoms with van der Waals surface area (Å²) < 4.78 is 8.06. The average Bonchev–Trinajstić information content (AvgIpc) is 2.98. The Bertz CT molecular complexity index is 625. The highest BCUT2D eigenvalue weighted by Gasteiger charge is 2.26. The monoisotopic (exact) mass is 315 g/mol. The Morgan fingerprint density at radius 1 is 1.35 bits per heavy atom. The van der Waals surface area contributed by atoms with E-state index in [1.807, 2.05) is 12.3 Å². The number of morpholine rings is 1. The van der Waals surface area contributed by atoms with Crippen LogP contribution >= 0.6 is 0 Å². The first kappa shape index (κ1) is 15.9. The van der Waals surface area contributed by atoms with Gasteiger partial charge in [-0.2, -0.15) is 0 Å². The molecule has 0 radical (unpaired) electrons. The molecular weight excluding hydrogens is 290 g/mol. The van der Waals surface area contributed by atoms with Gasteiger partial charge < -0.3 is 9.64 Å². The fraction of sp³-hybridized carbons (Fsp3) is 0.588. The summed E-state index contributed by atoms with van der Waals surface area (Å²) in [6.45, 7) is 9.90. The molecule has 1 atom stereocenters. The molecule has 1 aliphatic heterocycles. The van der Waals surface area contributed by atoms with Crippen molar-refractivity contribution >= 4 is 5.95 Å². The van der Waals surface area contributed by atoms with Crippen molar-refractivity contribution in [2.75, 3.05) is 24.6 Å². The normalized spacial score (nSPS) is 18.6. The van der Waals surface area contributed by atoms with Crippen molar-refractivity contribution in [1.29, 1.82) is 0 Å². The first-order valence-corrected chi connectivity index (χ1v) is 8.36. The topological polar surface area (TPSA) is 56.1 Å². The second-order valence-electron chi connectivity index (χ2n) is 6.30. The van der Waals surface area contributed by atoms with Crippen LogP contribution < -0.4 is 4.90 Å². The molecule has 1 fully saturated rings. The third-order valence-corrected chi connectivity index (χ3v) is 4.33. The fourth-order valence-corrected chi connectivity index (χ4v) is 2.96. The summed E-state index contributed by atoms with van der Waals surface area (Å²) >= 11 is 0. The van der Waals surface area contributed by atoms with Crippen molar-refractivity contribution in [3.63, 3.8) is 0 Å². The quantitative estimate of drug-likeness (QED) is 0.846. The molecule has 1 unspecified atom stereocenters. The van der Waals surface area contributed by atoms with Gasteiger partial charge in [0.2, 0.25) is 5.95 Å². The van der Waals surface area contributed by atoms with Crippen LogP contribution in [0.15, 0.2) is 24.5 Å². The standard InChI is InChI=1S/C17H25N5O/c1-4-22-16(10-14-6-5-7-18-11-14)19-20-17(22)21-8-9-23-15(12-21)13(2)3/h5-7,11,13,15H,4,8-10,12H2,1-3H3. The maximum Gasteiger partial charge on any atom is 0.227 e. The van der Waals surface area contributed by atoms with Crippen LogP contribution in [0, 0.1) is 5.92 Å². The van der Waals surface area contributed by atoms with Crippen molar-refractivity contribution in [3.8, 4) is 0 Å². The van der Waals surface area contributed by atoms with Crippen molar-refractivity contribution in [2.45, 2.75) is 39.8 Å². The van der Waals surface area contributed by atoms with Crippen molar-refractivity contribution in [1.82, 2.24) is 19.7 Å². The lowest BCUT2D eigenvalue weighted by molar-refractivity contribution is 0.0107. The van der Waals surface area contributed by atoms with E-state index in [1.165, 1.54) is 0 Å². The third-order valence-electron chi connectivity index (χ3n) is 4.33. The third kappa shape index (κ3) is 3.52. The molecule has 0 aromatic carbocycles. The SMILES string of the molecule is CCn1c(Cc2cccnc2)nnc1N1CCOC(C(C)C)C1. The molecule has 0 bridgehead atoms. The maximum absolute atomic E-state index is 5.86. The van der Waals surface area contributed by atoms with Gasteiger partial charge in [0.15, 0.2) is 0 Å². The molecule has 2 aromatic heterocycles. The van der Waals surface area contributed by atoms with Crippen LogP contribution in [0.25, 0.3) is 0 Å². The van der Waals surface area contributed by atoms with E-state index in [9.17, 15) is 0 Å². The van der Waals surface area contributed by atoms with E-state index < -0.39 is 0 Å². The van der Waals surface area contributed by atoms with E-state index in [0.29, 0.717) is 5.92 Å². The molecule has 3 heterocycles. The molecule has 23 heavy (non-hydrogen) atoms. The highest BCUT2D eigenvalue weighted by Crippen LogP contribution is 2.21. The largest absolute Gasteiger partial charge is 0.374 e. The number of pyridine rings is 1. The lowest BCUT2D eigenvalue weighted by atomic mass is 10.1. The zero-order valence-corrected chi connectivity index (χ0v) is 14.1. The number of anilines is 1.